The number of fused-ring (bicyclic) bond motifs is 4. The van der Waals surface area contributed by atoms with Gasteiger partial charge in [-0.2, -0.15) is 4.36 Å². The number of benzene rings is 1. The first-order chi connectivity index (χ1) is 23.4. The molecular weight excluding hydrogens is 662 g/mol. The quantitative estimate of drug-likeness (QED) is 0.374. The molecule has 1 aromatic carbocycles. The van der Waals surface area contributed by atoms with Gasteiger partial charge in [0, 0.05) is 42.3 Å². The lowest BCUT2D eigenvalue weighted by Gasteiger charge is -2.45. The predicted octanol–water partition coefficient (Wildman–Crippen LogP) is 6.18. The van der Waals surface area contributed by atoms with Crippen molar-refractivity contribution in [3.05, 3.63) is 64.3 Å². The number of aliphatic hydroxyl groups is 1. The molecule has 1 aromatic heterocycles. The molecule has 1 N–H and O–H groups in total. The first kappa shape index (κ1) is 34.6. The van der Waals surface area contributed by atoms with Crippen molar-refractivity contribution in [3.8, 4) is 5.75 Å². The Morgan fingerprint density at radius 1 is 1.22 bits per heavy atom. The minimum absolute atomic E-state index is 0.0593. The van der Waals surface area contributed by atoms with Gasteiger partial charge in [0.2, 0.25) is 0 Å². The number of ether oxygens (including phenoxy) is 2. The smallest absolute Gasteiger partial charge is 0.303 e. The van der Waals surface area contributed by atoms with Gasteiger partial charge in [0.15, 0.2) is 11.6 Å². The molecule has 0 saturated heterocycles. The molecule has 1 amide bonds. The first-order valence-electron chi connectivity index (χ1n) is 17.7. The van der Waals surface area contributed by atoms with Crippen LogP contribution in [0.5, 0.6) is 5.75 Å². The molecule has 2 bridgehead atoms. The summed E-state index contributed by atoms with van der Waals surface area (Å²) in [7, 11) is -1.51. The molecule has 2 fully saturated rings. The summed E-state index contributed by atoms with van der Waals surface area (Å²) in [6.45, 7) is 5.55. The van der Waals surface area contributed by atoms with E-state index >= 15 is 0 Å². The summed E-state index contributed by atoms with van der Waals surface area (Å²) in [6, 6.07) is 9.58. The molecule has 5 aliphatic rings. The number of nitrogens with zero attached hydrogens (tertiary/aromatic N) is 3. The summed E-state index contributed by atoms with van der Waals surface area (Å²) in [6.07, 6.45) is 10.5. The number of ketones is 1. The fraction of sp³-hybridized carbons (Fsp3) is 0.605. The number of hydrogen-bond donors (Lipinski definition) is 1. The van der Waals surface area contributed by atoms with Gasteiger partial charge in [0.25, 0.3) is 0 Å². The number of carbonyl (C=O) groups is 2. The summed E-state index contributed by atoms with van der Waals surface area (Å²) >= 11 is 6.44. The molecule has 1 spiro atoms. The van der Waals surface area contributed by atoms with Crippen molar-refractivity contribution in [2.24, 2.45) is 28.0 Å². The maximum atomic E-state index is 14.5. The van der Waals surface area contributed by atoms with Gasteiger partial charge in [-0.3, -0.25) is 9.59 Å². The Morgan fingerprint density at radius 2 is 2.04 bits per heavy atom. The SMILES string of the molecule is CO[C@H]1/C=C/C[C@H](C)C[S@@](=O)(CC(=O)C2CC(C)(O)C2)=NC(=O)c2ccc3c(n2)N(C[C@@H]2CC[C@H]21)C[C@@]1(CCCc2cc(Cl)ccc21)CO3. The van der Waals surface area contributed by atoms with E-state index in [1.54, 1.807) is 26.2 Å². The number of hydrogen-bond acceptors (Lipinski definition) is 8. The van der Waals surface area contributed by atoms with E-state index in [0.717, 1.165) is 43.7 Å². The number of methoxy groups -OCH3 is 1. The highest BCUT2D eigenvalue weighted by Crippen LogP contribution is 2.46. The molecule has 264 valence electrons. The molecule has 2 saturated carbocycles. The highest BCUT2D eigenvalue weighted by Gasteiger charge is 2.45. The van der Waals surface area contributed by atoms with E-state index in [4.69, 9.17) is 26.1 Å². The van der Waals surface area contributed by atoms with Crippen LogP contribution < -0.4 is 9.64 Å². The Bertz CT molecular complexity index is 1780. The minimum Gasteiger partial charge on any atom is -0.489 e. The number of rotatable bonds is 4. The van der Waals surface area contributed by atoms with Gasteiger partial charge >= 0.3 is 5.91 Å². The molecule has 0 radical (unpaired) electrons. The molecule has 9 nitrogen and oxygen atoms in total. The predicted molar refractivity (Wildman–Crippen MR) is 191 cm³/mol. The summed E-state index contributed by atoms with van der Waals surface area (Å²) < 4.78 is 31.4. The van der Waals surface area contributed by atoms with Crippen LogP contribution in [0, 0.1) is 23.7 Å². The second-order valence-corrected chi connectivity index (χ2v) is 18.4. The Balaban J connectivity index is 1.28. The zero-order valence-corrected chi connectivity index (χ0v) is 30.3. The Hall–Kier alpha value is -2.79. The van der Waals surface area contributed by atoms with E-state index in [1.807, 2.05) is 13.0 Å². The average Bonchev–Trinajstić information content (AvgIpc) is 3.17. The average molecular weight is 710 g/mol. The third kappa shape index (κ3) is 7.08. The summed E-state index contributed by atoms with van der Waals surface area (Å²) in [5, 5.41) is 11.0. The second kappa shape index (κ2) is 13.4. The van der Waals surface area contributed by atoms with E-state index in [-0.39, 0.29) is 46.3 Å². The molecule has 3 aliphatic carbocycles. The Kier molecular flexibility index (Phi) is 9.47. The normalized spacial score (nSPS) is 36.6. The third-order valence-corrected chi connectivity index (χ3v) is 14.1. The van der Waals surface area contributed by atoms with Crippen LogP contribution in [-0.4, -0.2) is 76.0 Å². The number of Topliss-reactive ketones (excluding diaryl/α,β-unsaturated/α-hetero) is 1. The van der Waals surface area contributed by atoms with Crippen LogP contribution >= 0.6 is 11.6 Å². The highest BCUT2D eigenvalue weighted by atomic mass is 35.5. The molecule has 49 heavy (non-hydrogen) atoms. The van der Waals surface area contributed by atoms with Gasteiger partial charge in [-0.05, 0) is 111 Å². The molecule has 0 unspecified atom stereocenters. The van der Waals surface area contributed by atoms with Gasteiger partial charge in [0.1, 0.15) is 11.5 Å². The number of carbonyl (C=O) groups excluding carboxylic acids is 2. The van der Waals surface area contributed by atoms with Gasteiger partial charge < -0.3 is 19.5 Å². The lowest BCUT2D eigenvalue weighted by molar-refractivity contribution is -0.134. The van der Waals surface area contributed by atoms with Crippen LogP contribution in [0.15, 0.2) is 46.8 Å². The number of amides is 1. The molecule has 7 rings (SSSR count). The van der Waals surface area contributed by atoms with Crippen molar-refractivity contribution in [1.82, 2.24) is 4.98 Å². The van der Waals surface area contributed by atoms with E-state index < -0.39 is 21.2 Å². The summed E-state index contributed by atoms with van der Waals surface area (Å²) in [5.74, 6) is 0.307. The number of pyridine rings is 1. The third-order valence-electron chi connectivity index (χ3n) is 11.6. The van der Waals surface area contributed by atoms with E-state index in [9.17, 15) is 18.9 Å². The topological polar surface area (TPSA) is 118 Å². The number of aromatic nitrogens is 1. The van der Waals surface area contributed by atoms with E-state index in [1.165, 1.54) is 11.1 Å². The first-order valence-corrected chi connectivity index (χ1v) is 20.0. The van der Waals surface area contributed by atoms with Gasteiger partial charge in [-0.1, -0.05) is 36.7 Å². The minimum atomic E-state index is -3.27. The molecule has 3 heterocycles. The van der Waals surface area contributed by atoms with Crippen molar-refractivity contribution in [3.63, 3.8) is 0 Å². The lowest BCUT2D eigenvalue weighted by atomic mass is 9.68. The highest BCUT2D eigenvalue weighted by molar-refractivity contribution is 7.94. The van der Waals surface area contributed by atoms with Crippen molar-refractivity contribution in [1.29, 1.82) is 0 Å². The monoisotopic (exact) mass is 709 g/mol. The maximum absolute atomic E-state index is 14.5. The number of halogens is 1. The standard InChI is InChI=1S/C38H48ClN3O6S/c1-24-6-4-8-33(47-3)29-11-9-26(29)19-42-22-38(15-5-7-25-16-28(39)10-12-30(25)38)23-48-34-14-13-31(40-35(34)42)36(44)41-49(46,20-24)21-32(43)27-17-37(2,45)18-27/h4,8,10,12-14,16,24,26-27,29,33,45H,5-7,9,11,15,17-23H2,1-3H3/b8-4+/t24-,26-,27?,29+,33-,37?,38-,49+/m0/s1. The van der Waals surface area contributed by atoms with Crippen LogP contribution in [0.4, 0.5) is 5.82 Å². The van der Waals surface area contributed by atoms with Crippen LogP contribution in [0.1, 0.15) is 80.4 Å². The fourth-order valence-electron chi connectivity index (χ4n) is 8.89. The van der Waals surface area contributed by atoms with Gasteiger partial charge in [0.05, 0.1) is 33.8 Å². The molecule has 2 aliphatic heterocycles. The number of anilines is 1. The Labute approximate surface area is 295 Å². The van der Waals surface area contributed by atoms with Crippen molar-refractivity contribution in [2.75, 3.05) is 43.2 Å². The van der Waals surface area contributed by atoms with Crippen LogP contribution in [-0.2, 0) is 31.1 Å². The number of aryl methyl sites for hydroxylation is 1. The Morgan fingerprint density at radius 3 is 2.78 bits per heavy atom. The zero-order chi connectivity index (χ0) is 34.6. The van der Waals surface area contributed by atoms with Gasteiger partial charge in [-0.25, -0.2) is 9.19 Å². The van der Waals surface area contributed by atoms with Gasteiger partial charge in [-0.15, -0.1) is 0 Å². The van der Waals surface area contributed by atoms with Crippen molar-refractivity contribution in [2.45, 2.75) is 82.3 Å². The largest absolute Gasteiger partial charge is 0.489 e. The second-order valence-electron chi connectivity index (χ2n) is 15.6. The van der Waals surface area contributed by atoms with Crippen LogP contribution in [0.2, 0.25) is 5.02 Å². The lowest BCUT2D eigenvalue weighted by Crippen LogP contribution is -2.49. The number of allylic oxidation sites excluding steroid dienone is 1. The van der Waals surface area contributed by atoms with Crippen LogP contribution in [0.3, 0.4) is 0 Å². The van der Waals surface area contributed by atoms with E-state index in [0.29, 0.717) is 55.8 Å². The van der Waals surface area contributed by atoms with E-state index in [2.05, 4.69) is 33.5 Å². The molecule has 11 heteroatoms. The van der Waals surface area contributed by atoms with Crippen molar-refractivity contribution < 1.29 is 28.4 Å². The van der Waals surface area contributed by atoms with Crippen LogP contribution in [0.25, 0.3) is 0 Å². The molecule has 6 atom stereocenters. The zero-order valence-electron chi connectivity index (χ0n) is 28.7. The molecule has 2 aromatic rings. The summed E-state index contributed by atoms with van der Waals surface area (Å²) in [4.78, 5) is 34.4. The fourth-order valence-corrected chi connectivity index (χ4v) is 11.4. The molecular formula is C38H48ClN3O6S. The summed E-state index contributed by atoms with van der Waals surface area (Å²) in [5.41, 5.74) is 1.42. The maximum Gasteiger partial charge on any atom is 0.303 e. The van der Waals surface area contributed by atoms with Crippen molar-refractivity contribution >= 4 is 38.8 Å².